The van der Waals surface area contributed by atoms with Crippen molar-refractivity contribution in [1.29, 1.82) is 0 Å². The molecule has 5 nitrogen and oxygen atoms in total. The van der Waals surface area contributed by atoms with Crippen LogP contribution in [0.25, 0.3) is 0 Å². The highest BCUT2D eigenvalue weighted by Gasteiger charge is 2.18. The Labute approximate surface area is 104 Å². The Kier molecular flexibility index (Phi) is 6.18. The summed E-state index contributed by atoms with van der Waals surface area (Å²) in [5.41, 5.74) is 7.07. The van der Waals surface area contributed by atoms with Gasteiger partial charge in [0.15, 0.2) is 0 Å². The van der Waals surface area contributed by atoms with Crippen LogP contribution < -0.4 is 5.73 Å². The molecule has 0 saturated carbocycles. The van der Waals surface area contributed by atoms with Crippen molar-refractivity contribution in [3.63, 3.8) is 0 Å². The highest BCUT2D eigenvalue weighted by Crippen LogP contribution is 2.18. The Morgan fingerprint density at radius 3 is 2.76 bits per heavy atom. The minimum Gasteiger partial charge on any atom is -0.383 e. The largest absolute Gasteiger partial charge is 0.383 e. The highest BCUT2D eigenvalue weighted by molar-refractivity contribution is 5.11. The lowest BCUT2D eigenvalue weighted by molar-refractivity contribution is 0.125. The first-order valence-electron chi connectivity index (χ1n) is 6.22. The van der Waals surface area contributed by atoms with Crippen molar-refractivity contribution >= 4 is 0 Å². The van der Waals surface area contributed by atoms with E-state index >= 15 is 0 Å². The number of likely N-dealkylation sites (N-methyl/N-ethyl adjacent to an activating group) is 1. The van der Waals surface area contributed by atoms with Gasteiger partial charge >= 0.3 is 0 Å². The van der Waals surface area contributed by atoms with Gasteiger partial charge in [-0.25, -0.2) is 0 Å². The molecule has 1 rings (SSSR count). The summed E-state index contributed by atoms with van der Waals surface area (Å²) in [5.74, 6) is 0. The van der Waals surface area contributed by atoms with Crippen molar-refractivity contribution in [2.24, 2.45) is 5.73 Å². The molecule has 98 valence electrons. The van der Waals surface area contributed by atoms with Crippen molar-refractivity contribution in [3.05, 3.63) is 18.0 Å². The molecule has 0 radical (unpaired) electrons. The summed E-state index contributed by atoms with van der Waals surface area (Å²) in [7, 11) is 1.72. The van der Waals surface area contributed by atoms with Gasteiger partial charge in [0.1, 0.15) is 0 Å². The van der Waals surface area contributed by atoms with E-state index in [1.807, 2.05) is 10.9 Å². The first kappa shape index (κ1) is 14.2. The predicted octanol–water partition coefficient (Wildman–Crippen LogP) is 0.871. The van der Waals surface area contributed by atoms with E-state index in [0.717, 1.165) is 26.2 Å². The maximum absolute atomic E-state index is 5.88. The van der Waals surface area contributed by atoms with Crippen molar-refractivity contribution in [3.8, 4) is 0 Å². The van der Waals surface area contributed by atoms with E-state index in [2.05, 4.69) is 30.0 Å². The lowest BCUT2D eigenvalue weighted by Crippen LogP contribution is -2.35. The Morgan fingerprint density at radius 1 is 1.53 bits per heavy atom. The fourth-order valence-corrected chi connectivity index (χ4v) is 1.96. The van der Waals surface area contributed by atoms with Gasteiger partial charge in [0.2, 0.25) is 0 Å². The van der Waals surface area contributed by atoms with Crippen LogP contribution in [0.1, 0.15) is 25.5 Å². The predicted molar refractivity (Wildman–Crippen MR) is 68.8 cm³/mol. The van der Waals surface area contributed by atoms with Crippen LogP contribution in [0.4, 0.5) is 0 Å². The second-order valence-electron chi connectivity index (χ2n) is 4.00. The summed E-state index contributed by atoms with van der Waals surface area (Å²) in [4.78, 5) is 2.32. The SMILES string of the molecule is CCN(CCOC)C(CN)c1cnn(CC)c1. The van der Waals surface area contributed by atoms with E-state index in [1.54, 1.807) is 7.11 Å². The molecule has 0 amide bonds. The molecule has 0 aliphatic heterocycles. The molecule has 2 N–H and O–H groups in total. The molecule has 0 fully saturated rings. The van der Waals surface area contributed by atoms with Gasteiger partial charge in [0, 0.05) is 38.5 Å². The van der Waals surface area contributed by atoms with E-state index < -0.39 is 0 Å². The van der Waals surface area contributed by atoms with Crippen LogP contribution in [-0.2, 0) is 11.3 Å². The molecule has 1 unspecified atom stereocenters. The first-order chi connectivity index (χ1) is 8.26. The lowest BCUT2D eigenvalue weighted by atomic mass is 10.1. The topological polar surface area (TPSA) is 56.3 Å². The maximum atomic E-state index is 5.88. The van der Waals surface area contributed by atoms with Crippen molar-refractivity contribution < 1.29 is 4.74 Å². The van der Waals surface area contributed by atoms with Crippen LogP contribution in [0.15, 0.2) is 12.4 Å². The molecule has 1 atom stereocenters. The van der Waals surface area contributed by atoms with Gasteiger partial charge < -0.3 is 10.5 Å². The molecule has 0 saturated heterocycles. The molecule has 0 aliphatic carbocycles. The molecule has 5 heteroatoms. The number of rotatable bonds is 8. The van der Waals surface area contributed by atoms with Crippen LogP contribution in [0.3, 0.4) is 0 Å². The minimum absolute atomic E-state index is 0.232. The van der Waals surface area contributed by atoms with E-state index in [0.29, 0.717) is 6.54 Å². The summed E-state index contributed by atoms with van der Waals surface area (Å²) >= 11 is 0. The number of hydrogen-bond acceptors (Lipinski definition) is 4. The number of ether oxygens (including phenoxy) is 1. The van der Waals surface area contributed by atoms with Gasteiger partial charge in [-0.1, -0.05) is 6.92 Å². The summed E-state index contributed by atoms with van der Waals surface area (Å²) in [6.45, 7) is 8.30. The summed E-state index contributed by atoms with van der Waals surface area (Å²) in [6.07, 6.45) is 3.99. The number of methoxy groups -OCH3 is 1. The number of nitrogens with two attached hydrogens (primary N) is 1. The maximum Gasteiger partial charge on any atom is 0.0589 e. The van der Waals surface area contributed by atoms with Gasteiger partial charge in [-0.15, -0.1) is 0 Å². The second kappa shape index (κ2) is 7.42. The Morgan fingerprint density at radius 2 is 2.29 bits per heavy atom. The third kappa shape index (κ3) is 3.80. The van der Waals surface area contributed by atoms with Gasteiger partial charge in [0.25, 0.3) is 0 Å². The molecule has 0 aromatic carbocycles. The Hall–Kier alpha value is -0.910. The zero-order chi connectivity index (χ0) is 12.7. The van der Waals surface area contributed by atoms with Crippen LogP contribution in [0.2, 0.25) is 0 Å². The van der Waals surface area contributed by atoms with Crippen LogP contribution in [0, 0.1) is 0 Å². The van der Waals surface area contributed by atoms with Crippen LogP contribution >= 0.6 is 0 Å². The smallest absolute Gasteiger partial charge is 0.0589 e. The molecular formula is C12H24N4O. The third-order valence-electron chi connectivity index (χ3n) is 3.01. The molecular weight excluding hydrogens is 216 g/mol. The monoisotopic (exact) mass is 240 g/mol. The quantitative estimate of drug-likeness (QED) is 0.732. The van der Waals surface area contributed by atoms with E-state index in [9.17, 15) is 0 Å². The fourth-order valence-electron chi connectivity index (χ4n) is 1.96. The van der Waals surface area contributed by atoms with Crippen molar-refractivity contribution in [2.75, 3.05) is 33.4 Å². The first-order valence-corrected chi connectivity index (χ1v) is 6.22. The standard InChI is InChI=1S/C12H24N4O/c1-4-15(6-7-17-3)12(8-13)11-9-14-16(5-2)10-11/h9-10,12H,4-8,13H2,1-3H3. The summed E-state index contributed by atoms with van der Waals surface area (Å²) < 4.78 is 7.06. The lowest BCUT2D eigenvalue weighted by Gasteiger charge is -2.28. The molecule has 0 aliphatic rings. The van der Waals surface area contributed by atoms with Gasteiger partial charge in [-0.05, 0) is 13.5 Å². The summed E-state index contributed by atoms with van der Waals surface area (Å²) in [6, 6.07) is 0.232. The molecule has 17 heavy (non-hydrogen) atoms. The molecule has 0 spiro atoms. The van der Waals surface area contributed by atoms with Crippen LogP contribution in [-0.4, -0.2) is 48.0 Å². The number of aromatic nitrogens is 2. The molecule has 1 aromatic rings. The zero-order valence-corrected chi connectivity index (χ0v) is 11.1. The fraction of sp³-hybridized carbons (Fsp3) is 0.750. The average molecular weight is 240 g/mol. The Bertz CT molecular complexity index is 313. The molecule has 1 aromatic heterocycles. The van der Waals surface area contributed by atoms with E-state index in [1.165, 1.54) is 5.56 Å². The van der Waals surface area contributed by atoms with E-state index in [4.69, 9.17) is 10.5 Å². The number of aryl methyl sites for hydroxylation is 1. The van der Waals surface area contributed by atoms with Gasteiger partial charge in [0.05, 0.1) is 18.8 Å². The minimum atomic E-state index is 0.232. The third-order valence-corrected chi connectivity index (χ3v) is 3.01. The zero-order valence-electron chi connectivity index (χ0n) is 11.1. The Balaban J connectivity index is 2.73. The van der Waals surface area contributed by atoms with Crippen molar-refractivity contribution in [1.82, 2.24) is 14.7 Å². The highest BCUT2D eigenvalue weighted by atomic mass is 16.5. The molecule has 0 bridgehead atoms. The molecule has 1 heterocycles. The van der Waals surface area contributed by atoms with Gasteiger partial charge in [-0.2, -0.15) is 5.10 Å². The van der Waals surface area contributed by atoms with Crippen LogP contribution in [0.5, 0.6) is 0 Å². The van der Waals surface area contributed by atoms with Crippen molar-refractivity contribution in [2.45, 2.75) is 26.4 Å². The normalized spacial score (nSPS) is 13.2. The second-order valence-corrected chi connectivity index (χ2v) is 4.00. The summed E-state index contributed by atoms with van der Waals surface area (Å²) in [5, 5.41) is 4.30. The average Bonchev–Trinajstić information content (AvgIpc) is 2.82. The van der Waals surface area contributed by atoms with E-state index in [-0.39, 0.29) is 6.04 Å². The number of hydrogen-bond donors (Lipinski definition) is 1. The van der Waals surface area contributed by atoms with Gasteiger partial charge in [-0.3, -0.25) is 9.58 Å². The number of nitrogens with zero attached hydrogens (tertiary/aromatic N) is 3.